The molecule has 4 aromatic rings. The molecule has 2 aliphatic heterocycles. The summed E-state index contributed by atoms with van der Waals surface area (Å²) in [6, 6.07) is 41.0. The highest BCUT2D eigenvalue weighted by Crippen LogP contribution is 2.62. The van der Waals surface area contributed by atoms with Crippen LogP contribution < -0.4 is 4.90 Å². The second kappa shape index (κ2) is 8.35. The van der Waals surface area contributed by atoms with Crippen LogP contribution in [0.2, 0.25) is 0 Å². The highest BCUT2D eigenvalue weighted by atomic mass is 15.5. The summed E-state index contributed by atoms with van der Waals surface area (Å²) in [5, 5.41) is 0. The standard InChI is InChI=1S/C34H36N2/c1-24-16-12-15-23-30(24)35-25(2)31-28-21-13-14-22-29(28)34(26-17-8-6-9-18-26,27-19-10-7-11-20-27)36(31)32(35)33(3,4)5/h6-23,25,31-32H,1-5H3/t25-,31?,32?/m0/s1. The summed E-state index contributed by atoms with van der Waals surface area (Å²) in [6.07, 6.45) is 0.186. The molecule has 182 valence electrons. The molecule has 4 aromatic carbocycles. The number of aryl methyl sites for hydroxylation is 1. The van der Waals surface area contributed by atoms with Gasteiger partial charge in [-0.25, -0.2) is 0 Å². The Hall–Kier alpha value is -3.36. The Morgan fingerprint density at radius 1 is 0.667 bits per heavy atom. The monoisotopic (exact) mass is 472 g/mol. The fourth-order valence-electron chi connectivity index (χ4n) is 7.09. The maximum absolute atomic E-state index is 2.86. The number of benzene rings is 4. The molecule has 2 heterocycles. The second-order valence-corrected chi connectivity index (χ2v) is 11.6. The van der Waals surface area contributed by atoms with E-state index in [4.69, 9.17) is 0 Å². The van der Waals surface area contributed by atoms with Crippen molar-refractivity contribution in [3.05, 3.63) is 137 Å². The molecule has 0 radical (unpaired) electrons. The van der Waals surface area contributed by atoms with Crippen molar-refractivity contribution in [3.8, 4) is 0 Å². The summed E-state index contributed by atoms with van der Waals surface area (Å²) < 4.78 is 0. The first kappa shape index (κ1) is 23.1. The van der Waals surface area contributed by atoms with Gasteiger partial charge in [-0.05, 0) is 53.1 Å². The molecule has 2 unspecified atom stereocenters. The van der Waals surface area contributed by atoms with Gasteiger partial charge in [0.1, 0.15) is 0 Å². The van der Waals surface area contributed by atoms with Gasteiger partial charge in [0.05, 0.1) is 17.7 Å². The van der Waals surface area contributed by atoms with Crippen molar-refractivity contribution in [2.24, 2.45) is 5.41 Å². The predicted molar refractivity (Wildman–Crippen MR) is 150 cm³/mol. The minimum atomic E-state index is -0.382. The van der Waals surface area contributed by atoms with E-state index in [2.05, 4.69) is 154 Å². The van der Waals surface area contributed by atoms with E-state index in [-0.39, 0.29) is 23.2 Å². The molecule has 3 atom stereocenters. The molecule has 0 aromatic heterocycles. The Morgan fingerprint density at radius 2 is 1.19 bits per heavy atom. The highest BCUT2D eigenvalue weighted by molar-refractivity contribution is 5.63. The zero-order valence-electron chi connectivity index (χ0n) is 22.0. The average molecular weight is 473 g/mol. The second-order valence-electron chi connectivity index (χ2n) is 11.6. The molecule has 1 saturated heterocycles. The lowest BCUT2D eigenvalue weighted by molar-refractivity contribution is 0.0544. The molecule has 6 rings (SSSR count). The summed E-state index contributed by atoms with van der Waals surface area (Å²) in [4.78, 5) is 5.58. The van der Waals surface area contributed by atoms with Crippen molar-refractivity contribution in [2.75, 3.05) is 4.90 Å². The van der Waals surface area contributed by atoms with Gasteiger partial charge < -0.3 is 4.90 Å². The van der Waals surface area contributed by atoms with Gasteiger partial charge >= 0.3 is 0 Å². The average Bonchev–Trinajstić information content (AvgIpc) is 3.36. The van der Waals surface area contributed by atoms with Gasteiger partial charge in [0.2, 0.25) is 0 Å². The van der Waals surface area contributed by atoms with Gasteiger partial charge in [-0.2, -0.15) is 0 Å². The first-order chi connectivity index (χ1) is 17.4. The summed E-state index contributed by atoms with van der Waals surface area (Å²) in [5.74, 6) is 0. The first-order valence-corrected chi connectivity index (χ1v) is 13.2. The lowest BCUT2D eigenvalue weighted by atomic mass is 9.75. The number of fused-ring (bicyclic) bond motifs is 3. The Kier molecular flexibility index (Phi) is 5.35. The predicted octanol–water partition coefficient (Wildman–Crippen LogP) is 7.92. The zero-order valence-corrected chi connectivity index (χ0v) is 22.0. The van der Waals surface area contributed by atoms with E-state index in [1.54, 1.807) is 0 Å². The van der Waals surface area contributed by atoms with Crippen LogP contribution in [0.4, 0.5) is 5.69 Å². The molecule has 0 bridgehead atoms. The van der Waals surface area contributed by atoms with Crippen LogP contribution in [-0.2, 0) is 5.54 Å². The van der Waals surface area contributed by atoms with Crippen molar-refractivity contribution in [1.29, 1.82) is 0 Å². The van der Waals surface area contributed by atoms with Crippen LogP contribution in [0, 0.1) is 12.3 Å². The van der Waals surface area contributed by atoms with E-state index in [0.717, 1.165) is 0 Å². The molecule has 0 spiro atoms. The van der Waals surface area contributed by atoms with Crippen LogP contribution in [-0.4, -0.2) is 17.1 Å². The van der Waals surface area contributed by atoms with Gasteiger partial charge in [-0.3, -0.25) is 4.90 Å². The van der Waals surface area contributed by atoms with Crippen molar-refractivity contribution in [2.45, 2.75) is 58.4 Å². The van der Waals surface area contributed by atoms with Crippen molar-refractivity contribution in [3.63, 3.8) is 0 Å². The van der Waals surface area contributed by atoms with E-state index in [1.807, 2.05) is 0 Å². The number of hydrogen-bond acceptors (Lipinski definition) is 2. The Bertz CT molecular complexity index is 1330. The van der Waals surface area contributed by atoms with Crippen LogP contribution in [0.3, 0.4) is 0 Å². The SMILES string of the molecule is Cc1ccccc1N1C(C(C)(C)C)N2C(c3ccccc3C2(c2ccccc2)c2ccccc2)[C@@H]1C. The van der Waals surface area contributed by atoms with E-state index >= 15 is 0 Å². The molecular weight excluding hydrogens is 436 g/mol. The summed E-state index contributed by atoms with van der Waals surface area (Å²) in [5.41, 5.74) is 7.82. The third-order valence-electron chi connectivity index (χ3n) is 8.33. The topological polar surface area (TPSA) is 6.48 Å². The molecule has 2 aliphatic rings. The van der Waals surface area contributed by atoms with Gasteiger partial charge in [0.25, 0.3) is 0 Å². The van der Waals surface area contributed by atoms with E-state index < -0.39 is 0 Å². The zero-order chi connectivity index (χ0) is 25.1. The van der Waals surface area contributed by atoms with Crippen LogP contribution >= 0.6 is 0 Å². The molecule has 2 nitrogen and oxygen atoms in total. The molecule has 2 heteroatoms. The Morgan fingerprint density at radius 3 is 1.78 bits per heavy atom. The third kappa shape index (κ3) is 3.14. The van der Waals surface area contributed by atoms with Crippen molar-refractivity contribution < 1.29 is 0 Å². The van der Waals surface area contributed by atoms with Crippen LogP contribution in [0.1, 0.15) is 61.6 Å². The molecular formula is C34H36N2. The van der Waals surface area contributed by atoms with Gasteiger partial charge in [0.15, 0.2) is 0 Å². The van der Waals surface area contributed by atoms with E-state index in [0.29, 0.717) is 6.04 Å². The van der Waals surface area contributed by atoms with Crippen LogP contribution in [0.5, 0.6) is 0 Å². The Balaban J connectivity index is 1.72. The third-order valence-corrected chi connectivity index (χ3v) is 8.33. The molecule has 0 saturated carbocycles. The number of para-hydroxylation sites is 1. The molecule has 1 fully saturated rings. The van der Waals surface area contributed by atoms with E-state index in [9.17, 15) is 0 Å². The largest absolute Gasteiger partial charge is 0.350 e. The van der Waals surface area contributed by atoms with Crippen LogP contribution in [0.25, 0.3) is 0 Å². The van der Waals surface area contributed by atoms with Crippen molar-refractivity contribution >= 4 is 5.69 Å². The van der Waals surface area contributed by atoms with Crippen LogP contribution in [0.15, 0.2) is 109 Å². The smallest absolute Gasteiger partial charge is 0.0998 e. The number of rotatable bonds is 3. The summed E-state index contributed by atoms with van der Waals surface area (Å²) >= 11 is 0. The summed E-state index contributed by atoms with van der Waals surface area (Å²) in [7, 11) is 0. The first-order valence-electron chi connectivity index (χ1n) is 13.2. The molecule has 0 amide bonds. The number of anilines is 1. The minimum absolute atomic E-state index is 0.00213. The molecule has 0 N–H and O–H groups in total. The summed E-state index contributed by atoms with van der Waals surface area (Å²) in [6.45, 7) is 11.9. The lowest BCUT2D eigenvalue weighted by Crippen LogP contribution is -2.56. The fraction of sp³-hybridized carbons (Fsp3) is 0.294. The highest BCUT2D eigenvalue weighted by Gasteiger charge is 2.63. The number of nitrogens with zero attached hydrogens (tertiary/aromatic N) is 2. The Labute approximate surface area is 216 Å². The minimum Gasteiger partial charge on any atom is -0.350 e. The number of hydrogen-bond donors (Lipinski definition) is 0. The maximum atomic E-state index is 2.86. The van der Waals surface area contributed by atoms with Gasteiger partial charge in [-0.15, -0.1) is 0 Å². The van der Waals surface area contributed by atoms with Gasteiger partial charge in [-0.1, -0.05) is 124 Å². The fourth-order valence-corrected chi connectivity index (χ4v) is 7.09. The normalized spacial score (nSPS) is 22.9. The maximum Gasteiger partial charge on any atom is 0.0998 e. The van der Waals surface area contributed by atoms with Crippen molar-refractivity contribution in [1.82, 2.24) is 4.90 Å². The molecule has 0 aliphatic carbocycles. The molecule has 36 heavy (non-hydrogen) atoms. The van der Waals surface area contributed by atoms with E-state index in [1.165, 1.54) is 33.5 Å². The van der Waals surface area contributed by atoms with Gasteiger partial charge in [0, 0.05) is 11.7 Å². The lowest BCUT2D eigenvalue weighted by Gasteiger charge is -2.49. The quantitative estimate of drug-likeness (QED) is 0.299.